The van der Waals surface area contributed by atoms with E-state index in [-0.39, 0.29) is 23.8 Å². The van der Waals surface area contributed by atoms with Gasteiger partial charge in [-0.3, -0.25) is 0 Å². The van der Waals surface area contributed by atoms with Crippen LogP contribution in [0, 0.1) is 0 Å². The lowest BCUT2D eigenvalue weighted by Crippen LogP contribution is -2.56. The van der Waals surface area contributed by atoms with Crippen molar-refractivity contribution in [2.24, 2.45) is 0 Å². The van der Waals surface area contributed by atoms with Gasteiger partial charge in [-0.25, -0.2) is 0 Å². The molecule has 0 bridgehead atoms. The first-order valence-electron chi connectivity index (χ1n) is 7.74. The van der Waals surface area contributed by atoms with Crippen LogP contribution in [0.5, 0.6) is 0 Å². The Balaban J connectivity index is 2.67. The summed E-state index contributed by atoms with van der Waals surface area (Å²) in [6.07, 6.45) is -0.542. The molecule has 0 aromatic heterocycles. The van der Waals surface area contributed by atoms with E-state index in [0.717, 1.165) is 6.42 Å². The second-order valence-electron chi connectivity index (χ2n) is 7.81. The molecule has 5 nitrogen and oxygen atoms in total. The molecule has 1 rings (SSSR count). The Morgan fingerprint density at radius 1 is 1.29 bits per heavy atom. The second-order valence-corrected chi connectivity index (χ2v) is 12.6. The lowest BCUT2D eigenvalue weighted by atomic mass is 9.95. The Kier molecular flexibility index (Phi) is 6.41. The maximum absolute atomic E-state index is 10.2. The second kappa shape index (κ2) is 7.06. The predicted octanol–water partition coefficient (Wildman–Crippen LogP) is 1.45. The van der Waals surface area contributed by atoms with E-state index < -0.39 is 20.5 Å². The molecule has 0 radical (unpaired) electrons. The predicted molar refractivity (Wildman–Crippen MR) is 87.0 cm³/mol. The van der Waals surface area contributed by atoms with Gasteiger partial charge in [0, 0.05) is 6.04 Å². The highest BCUT2D eigenvalue weighted by atomic mass is 28.4. The summed E-state index contributed by atoms with van der Waals surface area (Å²) in [5.74, 6) is 0. The quantitative estimate of drug-likeness (QED) is 0.751. The summed E-state index contributed by atoms with van der Waals surface area (Å²) in [7, 11) is 2.08. The van der Waals surface area contributed by atoms with Gasteiger partial charge in [0.25, 0.3) is 0 Å². The average molecular weight is 320 g/mol. The molecule has 1 aliphatic heterocycles. The number of aliphatic hydroxyl groups is 2. The van der Waals surface area contributed by atoms with Gasteiger partial charge >= 0.3 is 0 Å². The minimum atomic E-state index is -1.81. The molecular weight excluding hydrogens is 286 g/mol. The van der Waals surface area contributed by atoms with Crippen molar-refractivity contribution in [1.82, 2.24) is 4.90 Å². The fourth-order valence-electron chi connectivity index (χ4n) is 2.33. The van der Waals surface area contributed by atoms with Crippen molar-refractivity contribution in [2.45, 2.75) is 69.7 Å². The summed E-state index contributed by atoms with van der Waals surface area (Å²) >= 11 is 0. The number of ether oxygens (including phenoxy) is 1. The van der Waals surface area contributed by atoms with Gasteiger partial charge in [0.05, 0.1) is 25.4 Å². The average Bonchev–Trinajstić information content (AvgIpc) is 2.35. The van der Waals surface area contributed by atoms with Crippen LogP contribution in [-0.4, -0.2) is 75.1 Å². The summed E-state index contributed by atoms with van der Waals surface area (Å²) in [6, 6.07) is -0.0103. The molecule has 4 atom stereocenters. The lowest BCUT2D eigenvalue weighted by molar-refractivity contribution is -0.168. The molecule has 0 saturated carbocycles. The van der Waals surface area contributed by atoms with Gasteiger partial charge in [-0.2, -0.15) is 0 Å². The van der Waals surface area contributed by atoms with Crippen molar-refractivity contribution in [1.29, 1.82) is 0 Å². The molecule has 2 N–H and O–H groups in total. The topological polar surface area (TPSA) is 62.2 Å². The van der Waals surface area contributed by atoms with Crippen LogP contribution in [-0.2, 0) is 9.16 Å². The molecule has 0 aromatic carbocycles. The molecule has 126 valence electrons. The number of hydrogen-bond acceptors (Lipinski definition) is 5. The van der Waals surface area contributed by atoms with Gasteiger partial charge in [0.1, 0.15) is 6.10 Å². The number of rotatable bonds is 5. The summed E-state index contributed by atoms with van der Waals surface area (Å²) < 4.78 is 12.0. The molecular formula is C15H33NO4Si. The van der Waals surface area contributed by atoms with Gasteiger partial charge in [-0.15, -0.1) is 0 Å². The van der Waals surface area contributed by atoms with Crippen molar-refractivity contribution in [2.75, 3.05) is 27.3 Å². The van der Waals surface area contributed by atoms with Gasteiger partial charge in [-0.05, 0) is 38.6 Å². The largest absolute Gasteiger partial charge is 0.414 e. The fraction of sp³-hybridized carbons (Fsp3) is 1.00. The van der Waals surface area contributed by atoms with E-state index in [1.54, 1.807) is 0 Å². The molecule has 0 aromatic rings. The summed E-state index contributed by atoms with van der Waals surface area (Å²) in [4.78, 5) is 2.00. The van der Waals surface area contributed by atoms with Crippen LogP contribution in [0.15, 0.2) is 0 Å². The normalized spacial score (nSPS) is 31.7. The fourth-order valence-corrected chi connectivity index (χ4v) is 3.37. The Morgan fingerprint density at radius 3 is 2.29 bits per heavy atom. The first-order chi connectivity index (χ1) is 9.49. The minimum absolute atomic E-state index is 0.0103. The van der Waals surface area contributed by atoms with E-state index in [4.69, 9.17) is 9.16 Å². The number of aliphatic hydroxyl groups excluding tert-OH is 2. The van der Waals surface area contributed by atoms with Crippen LogP contribution in [0.3, 0.4) is 0 Å². The van der Waals surface area contributed by atoms with Gasteiger partial charge in [-0.1, -0.05) is 20.8 Å². The van der Waals surface area contributed by atoms with Crippen LogP contribution >= 0.6 is 0 Å². The molecule has 0 amide bonds. The molecule has 0 spiro atoms. The third-order valence-electron chi connectivity index (χ3n) is 4.93. The zero-order chi connectivity index (χ0) is 16.4. The number of nitrogens with zero attached hydrogens (tertiary/aromatic N) is 1. The van der Waals surface area contributed by atoms with Crippen molar-refractivity contribution < 1.29 is 19.4 Å². The zero-order valence-corrected chi connectivity index (χ0v) is 15.6. The lowest BCUT2D eigenvalue weighted by Gasteiger charge is -2.43. The van der Waals surface area contributed by atoms with Crippen LogP contribution in [0.25, 0.3) is 0 Å². The first-order valence-corrected chi connectivity index (χ1v) is 10.6. The molecule has 6 heteroatoms. The number of likely N-dealkylation sites (N-methyl/N-ethyl adjacent to an activating group) is 1. The van der Waals surface area contributed by atoms with E-state index in [1.807, 2.05) is 19.0 Å². The van der Waals surface area contributed by atoms with E-state index in [0.29, 0.717) is 6.61 Å². The summed E-state index contributed by atoms with van der Waals surface area (Å²) in [5.41, 5.74) is 0. The van der Waals surface area contributed by atoms with Crippen molar-refractivity contribution >= 4 is 8.32 Å². The smallest absolute Gasteiger partial charge is 0.192 e. The van der Waals surface area contributed by atoms with Gasteiger partial charge < -0.3 is 24.3 Å². The van der Waals surface area contributed by atoms with E-state index in [2.05, 4.69) is 33.9 Å². The Morgan fingerprint density at radius 2 is 1.86 bits per heavy atom. The highest BCUT2D eigenvalue weighted by Crippen LogP contribution is 2.37. The van der Waals surface area contributed by atoms with Crippen LogP contribution < -0.4 is 0 Å². The highest BCUT2D eigenvalue weighted by Gasteiger charge is 2.41. The van der Waals surface area contributed by atoms with E-state index in [9.17, 15) is 10.2 Å². The maximum atomic E-state index is 10.2. The van der Waals surface area contributed by atoms with Crippen molar-refractivity contribution in [3.8, 4) is 0 Å². The third kappa shape index (κ3) is 4.74. The first kappa shape index (κ1) is 19.1. The van der Waals surface area contributed by atoms with Crippen LogP contribution in [0.4, 0.5) is 0 Å². The minimum Gasteiger partial charge on any atom is -0.414 e. The van der Waals surface area contributed by atoms with Crippen LogP contribution in [0.2, 0.25) is 18.1 Å². The molecule has 1 heterocycles. The molecule has 21 heavy (non-hydrogen) atoms. The Hall–Kier alpha value is 0.0169. The zero-order valence-electron chi connectivity index (χ0n) is 14.6. The van der Waals surface area contributed by atoms with Gasteiger partial charge in [0.15, 0.2) is 8.32 Å². The van der Waals surface area contributed by atoms with Gasteiger partial charge in [0.2, 0.25) is 0 Å². The molecule has 1 fully saturated rings. The monoisotopic (exact) mass is 319 g/mol. The Bertz CT molecular complexity index is 330. The summed E-state index contributed by atoms with van der Waals surface area (Å²) in [5, 5.41) is 19.8. The molecule has 1 aliphatic rings. The maximum Gasteiger partial charge on any atom is 0.192 e. The molecule has 0 aliphatic carbocycles. The van der Waals surface area contributed by atoms with E-state index >= 15 is 0 Å². The highest BCUT2D eigenvalue weighted by molar-refractivity contribution is 6.74. The Labute approximate surface area is 130 Å². The third-order valence-corrected chi connectivity index (χ3v) is 9.43. The summed E-state index contributed by atoms with van der Waals surface area (Å²) in [6.45, 7) is 11.4. The van der Waals surface area contributed by atoms with Crippen molar-refractivity contribution in [3.63, 3.8) is 0 Å². The van der Waals surface area contributed by atoms with Crippen molar-refractivity contribution in [3.05, 3.63) is 0 Å². The van der Waals surface area contributed by atoms with E-state index in [1.165, 1.54) is 0 Å². The SMILES string of the molecule is CN(C)[C@H]1C[C@@H](CO[Si](C)(C)C(C)(C)C)O[C@@H](CO)[C@@H]1O. The standard InChI is InChI=1S/C15H33NO4Si/c1-15(2,3)21(6,7)19-10-11-8-12(16(4)5)14(18)13(9-17)20-11/h11-14,17-18H,8-10H2,1-7H3/t11-,12-,13-,14+/m0/s1. The molecule has 0 unspecified atom stereocenters. The van der Waals surface area contributed by atoms with Crippen LogP contribution in [0.1, 0.15) is 27.2 Å². The molecule has 1 saturated heterocycles. The number of hydrogen-bond donors (Lipinski definition) is 2.